The van der Waals surface area contributed by atoms with E-state index in [1.807, 2.05) is 11.3 Å². The Morgan fingerprint density at radius 1 is 1.60 bits per heavy atom. The third-order valence-electron chi connectivity index (χ3n) is 1.37. The number of allylic oxidation sites excluding steroid dienone is 1. The molecule has 0 atom stereocenters. The first-order valence-corrected chi connectivity index (χ1v) is 4.37. The quantitative estimate of drug-likeness (QED) is 0.580. The molecule has 1 rings (SSSR count). The fraction of sp³-hybridized carbons (Fsp3) is 0.333. The molecule has 0 spiro atoms. The monoisotopic (exact) mass is 151 g/mol. The van der Waals surface area contributed by atoms with E-state index in [4.69, 9.17) is 6.58 Å². The smallest absolute Gasteiger partial charge is 0.00453 e. The van der Waals surface area contributed by atoms with Gasteiger partial charge >= 0.3 is 0 Å². The third kappa shape index (κ3) is 2.36. The van der Waals surface area contributed by atoms with Gasteiger partial charge in [0.25, 0.3) is 0 Å². The van der Waals surface area contributed by atoms with Crippen LogP contribution in [0.1, 0.15) is 17.7 Å². The van der Waals surface area contributed by atoms with Crippen molar-refractivity contribution >= 4 is 11.3 Å². The summed E-state index contributed by atoms with van der Waals surface area (Å²) in [6, 6.07) is 4.26. The van der Waals surface area contributed by atoms with Gasteiger partial charge in [0.15, 0.2) is 0 Å². The minimum atomic E-state index is 1.03. The highest BCUT2D eigenvalue weighted by Gasteiger charge is 1.90. The molecule has 1 aromatic rings. The van der Waals surface area contributed by atoms with Crippen LogP contribution in [0.5, 0.6) is 0 Å². The van der Waals surface area contributed by atoms with Gasteiger partial charge < -0.3 is 0 Å². The van der Waals surface area contributed by atoms with Crippen molar-refractivity contribution in [3.63, 3.8) is 0 Å². The zero-order chi connectivity index (χ0) is 7.23. The molecular weight excluding hydrogens is 140 g/mol. The topological polar surface area (TPSA) is 0 Å². The van der Waals surface area contributed by atoms with Crippen LogP contribution < -0.4 is 0 Å². The lowest BCUT2D eigenvalue weighted by Crippen LogP contribution is -1.76. The van der Waals surface area contributed by atoms with Crippen molar-refractivity contribution in [1.82, 2.24) is 0 Å². The molecule has 0 aliphatic carbocycles. The van der Waals surface area contributed by atoms with Gasteiger partial charge in [-0.2, -0.15) is 0 Å². The molecule has 0 bridgehead atoms. The van der Waals surface area contributed by atoms with E-state index >= 15 is 0 Å². The number of thiophene rings is 1. The predicted molar refractivity (Wildman–Crippen MR) is 46.1 cm³/mol. The fourth-order valence-corrected chi connectivity index (χ4v) is 1.60. The molecular formula is C9H11S. The average Bonchev–Trinajstić information content (AvgIpc) is 2.41. The molecule has 0 aliphatic heterocycles. The van der Waals surface area contributed by atoms with Gasteiger partial charge in [-0.1, -0.05) is 18.7 Å². The Hall–Kier alpha value is -0.560. The Morgan fingerprint density at radius 2 is 2.50 bits per heavy atom. The zero-order valence-electron chi connectivity index (χ0n) is 5.92. The second-order valence-corrected chi connectivity index (χ2v) is 3.24. The van der Waals surface area contributed by atoms with Gasteiger partial charge in [-0.25, -0.2) is 0 Å². The molecule has 1 heterocycles. The molecule has 10 heavy (non-hydrogen) atoms. The number of rotatable bonds is 4. The number of aryl methyl sites for hydroxylation is 1. The van der Waals surface area contributed by atoms with E-state index in [-0.39, 0.29) is 0 Å². The van der Waals surface area contributed by atoms with E-state index in [2.05, 4.69) is 17.5 Å². The summed E-state index contributed by atoms with van der Waals surface area (Å²) in [6.45, 7) is 5.25. The second kappa shape index (κ2) is 4.29. The van der Waals surface area contributed by atoms with Crippen LogP contribution in [0.3, 0.4) is 0 Å². The summed E-state index contributed by atoms with van der Waals surface area (Å²) in [5.74, 6) is 0. The molecule has 0 N–H and O–H groups in total. The summed E-state index contributed by atoms with van der Waals surface area (Å²) in [5, 5.41) is 2.11. The van der Waals surface area contributed by atoms with Crippen molar-refractivity contribution in [3.8, 4) is 0 Å². The SMILES string of the molecule is [CH]=CCCCc1cccs1. The van der Waals surface area contributed by atoms with Gasteiger partial charge in [-0.05, 0) is 30.7 Å². The Labute approximate surface area is 66.2 Å². The molecule has 0 aliphatic rings. The number of hydrogen-bond acceptors (Lipinski definition) is 1. The first-order chi connectivity index (χ1) is 4.93. The molecule has 53 valence electrons. The van der Waals surface area contributed by atoms with Gasteiger partial charge in [0.1, 0.15) is 0 Å². The lowest BCUT2D eigenvalue weighted by atomic mass is 10.2. The first-order valence-electron chi connectivity index (χ1n) is 3.49. The zero-order valence-corrected chi connectivity index (χ0v) is 6.73. The van der Waals surface area contributed by atoms with E-state index in [0.29, 0.717) is 0 Å². The van der Waals surface area contributed by atoms with E-state index < -0.39 is 0 Å². The molecule has 0 saturated carbocycles. The number of unbranched alkanes of at least 4 members (excludes halogenated alkanes) is 1. The lowest BCUT2D eigenvalue weighted by molar-refractivity contribution is 0.855. The van der Waals surface area contributed by atoms with Crippen LogP contribution in [0.4, 0.5) is 0 Å². The average molecular weight is 151 g/mol. The van der Waals surface area contributed by atoms with Crippen LogP contribution in [-0.4, -0.2) is 0 Å². The summed E-state index contributed by atoms with van der Waals surface area (Å²) in [7, 11) is 0. The molecule has 0 fully saturated rings. The van der Waals surface area contributed by atoms with Crippen molar-refractivity contribution < 1.29 is 0 Å². The van der Waals surface area contributed by atoms with E-state index in [0.717, 1.165) is 6.42 Å². The minimum Gasteiger partial charge on any atom is -0.149 e. The summed E-state index contributed by atoms with van der Waals surface area (Å²) < 4.78 is 0. The Morgan fingerprint density at radius 3 is 3.10 bits per heavy atom. The molecule has 0 saturated heterocycles. The van der Waals surface area contributed by atoms with E-state index in [9.17, 15) is 0 Å². The standard InChI is InChI=1S/C9H11S/c1-2-3-4-6-9-7-5-8-10-9/h1-2,5,7-8H,3-4,6H2. The Balaban J connectivity index is 2.21. The highest BCUT2D eigenvalue weighted by Crippen LogP contribution is 2.11. The van der Waals surface area contributed by atoms with E-state index in [1.165, 1.54) is 17.7 Å². The van der Waals surface area contributed by atoms with Crippen LogP contribution in [0, 0.1) is 6.58 Å². The van der Waals surface area contributed by atoms with Crippen molar-refractivity contribution in [3.05, 3.63) is 35.0 Å². The summed E-state index contributed by atoms with van der Waals surface area (Å²) in [4.78, 5) is 1.46. The van der Waals surface area contributed by atoms with E-state index in [1.54, 1.807) is 6.08 Å². The molecule has 1 heteroatoms. The maximum atomic E-state index is 5.25. The molecule has 1 aromatic heterocycles. The van der Waals surface area contributed by atoms with Crippen molar-refractivity contribution in [2.24, 2.45) is 0 Å². The maximum Gasteiger partial charge on any atom is 0.00453 e. The summed E-state index contributed by atoms with van der Waals surface area (Å²) in [6.07, 6.45) is 5.11. The maximum absolute atomic E-state index is 5.25. The van der Waals surface area contributed by atoms with Gasteiger partial charge in [0.2, 0.25) is 0 Å². The Kier molecular flexibility index (Phi) is 3.23. The van der Waals surface area contributed by atoms with Gasteiger partial charge in [0, 0.05) is 4.88 Å². The lowest BCUT2D eigenvalue weighted by Gasteiger charge is -1.91. The van der Waals surface area contributed by atoms with Crippen LogP contribution in [0.15, 0.2) is 23.6 Å². The van der Waals surface area contributed by atoms with Crippen molar-refractivity contribution in [1.29, 1.82) is 0 Å². The van der Waals surface area contributed by atoms with Crippen LogP contribution in [0.25, 0.3) is 0 Å². The minimum absolute atomic E-state index is 1.03. The predicted octanol–water partition coefficient (Wildman–Crippen LogP) is 3.06. The van der Waals surface area contributed by atoms with Crippen molar-refractivity contribution in [2.45, 2.75) is 19.3 Å². The van der Waals surface area contributed by atoms with Crippen LogP contribution in [0.2, 0.25) is 0 Å². The highest BCUT2D eigenvalue weighted by molar-refractivity contribution is 7.09. The summed E-state index contributed by atoms with van der Waals surface area (Å²) >= 11 is 1.82. The van der Waals surface area contributed by atoms with Gasteiger partial charge in [0.05, 0.1) is 0 Å². The normalized spacial score (nSPS) is 9.60. The fourth-order valence-electron chi connectivity index (χ4n) is 0.849. The summed E-state index contributed by atoms with van der Waals surface area (Å²) in [5.41, 5.74) is 0. The van der Waals surface area contributed by atoms with Crippen LogP contribution >= 0.6 is 11.3 Å². The molecule has 0 nitrogen and oxygen atoms in total. The van der Waals surface area contributed by atoms with Gasteiger partial charge in [-0.15, -0.1) is 11.3 Å². The second-order valence-electron chi connectivity index (χ2n) is 2.21. The highest BCUT2D eigenvalue weighted by atomic mass is 32.1. The number of hydrogen-bond donors (Lipinski definition) is 0. The molecule has 0 aromatic carbocycles. The molecule has 0 amide bonds. The molecule has 0 unspecified atom stereocenters. The molecule has 1 radical (unpaired) electrons. The first kappa shape index (κ1) is 7.55. The van der Waals surface area contributed by atoms with Gasteiger partial charge in [-0.3, -0.25) is 0 Å². The van der Waals surface area contributed by atoms with Crippen molar-refractivity contribution in [2.75, 3.05) is 0 Å². The van der Waals surface area contributed by atoms with Crippen LogP contribution in [-0.2, 0) is 6.42 Å². The third-order valence-corrected chi connectivity index (χ3v) is 2.31. The Bertz CT molecular complexity index is 175. The largest absolute Gasteiger partial charge is 0.149 e.